The van der Waals surface area contributed by atoms with Gasteiger partial charge in [0.25, 0.3) is 0 Å². The number of hydrogen-bond donors (Lipinski definition) is 1. The molecule has 1 unspecified atom stereocenters. The number of aliphatic hydroxyl groups is 1. The number of nitrogens with zero attached hydrogens (tertiary/aromatic N) is 1. The van der Waals surface area contributed by atoms with Gasteiger partial charge in [-0.3, -0.25) is 0 Å². The van der Waals surface area contributed by atoms with Gasteiger partial charge in [0.2, 0.25) is 10.0 Å². The summed E-state index contributed by atoms with van der Waals surface area (Å²) < 4.78 is 31.5. The predicted molar refractivity (Wildman–Crippen MR) is 72.0 cm³/mol. The summed E-state index contributed by atoms with van der Waals surface area (Å²) in [6, 6.07) is 4.45. The fourth-order valence-electron chi connectivity index (χ4n) is 2.16. The van der Waals surface area contributed by atoms with Crippen molar-refractivity contribution in [2.75, 3.05) is 26.8 Å². The second-order valence-corrected chi connectivity index (χ2v) is 6.84. The average molecular weight is 306 g/mol. The van der Waals surface area contributed by atoms with Crippen molar-refractivity contribution in [1.82, 2.24) is 4.31 Å². The molecule has 1 atom stereocenters. The number of hydrogen-bond acceptors (Lipinski definition) is 4. The van der Waals surface area contributed by atoms with Crippen molar-refractivity contribution in [1.29, 1.82) is 0 Å². The second-order valence-electron chi connectivity index (χ2n) is 4.50. The van der Waals surface area contributed by atoms with E-state index in [4.69, 9.17) is 21.4 Å². The van der Waals surface area contributed by atoms with Crippen molar-refractivity contribution >= 4 is 21.6 Å². The van der Waals surface area contributed by atoms with Crippen LogP contribution in [0.3, 0.4) is 0 Å². The third-order valence-corrected chi connectivity index (χ3v) is 5.39. The lowest BCUT2D eigenvalue weighted by Crippen LogP contribution is -2.29. The van der Waals surface area contributed by atoms with Gasteiger partial charge in [0.15, 0.2) is 0 Å². The Labute approximate surface area is 117 Å². The Hall–Kier alpha value is -0.820. The second kappa shape index (κ2) is 5.66. The highest BCUT2D eigenvalue weighted by Crippen LogP contribution is 2.32. The molecule has 0 radical (unpaired) electrons. The highest BCUT2D eigenvalue weighted by Gasteiger charge is 2.33. The zero-order valence-corrected chi connectivity index (χ0v) is 12.1. The molecule has 7 heteroatoms. The minimum Gasteiger partial charge on any atom is -0.495 e. The molecule has 0 aromatic heterocycles. The molecule has 1 heterocycles. The lowest BCUT2D eigenvalue weighted by molar-refractivity contribution is 0.233. The van der Waals surface area contributed by atoms with E-state index in [9.17, 15) is 8.42 Å². The van der Waals surface area contributed by atoms with Crippen molar-refractivity contribution in [3.63, 3.8) is 0 Å². The van der Waals surface area contributed by atoms with E-state index in [0.717, 1.165) is 0 Å². The van der Waals surface area contributed by atoms with Gasteiger partial charge in [-0.05, 0) is 24.5 Å². The lowest BCUT2D eigenvalue weighted by Gasteiger charge is -2.18. The standard InChI is InChI=1S/C12H16ClNO4S/c1-18-11-6-10(13)2-3-12(11)19(16,17)14-5-4-9(7-14)8-15/h2-3,6,9,15H,4-5,7-8H2,1H3. The molecule has 0 amide bonds. The number of rotatable bonds is 4. The fraction of sp³-hybridized carbons (Fsp3) is 0.500. The SMILES string of the molecule is COc1cc(Cl)ccc1S(=O)(=O)N1CCC(CO)C1. The first-order valence-electron chi connectivity index (χ1n) is 5.93. The summed E-state index contributed by atoms with van der Waals surface area (Å²) in [6.45, 7) is 0.758. The maximum Gasteiger partial charge on any atom is 0.246 e. The van der Waals surface area contributed by atoms with Crippen molar-refractivity contribution < 1.29 is 18.3 Å². The van der Waals surface area contributed by atoms with Gasteiger partial charge >= 0.3 is 0 Å². The summed E-state index contributed by atoms with van der Waals surface area (Å²) in [5, 5.41) is 9.52. The molecule has 1 aliphatic heterocycles. The van der Waals surface area contributed by atoms with Crippen molar-refractivity contribution in [3.05, 3.63) is 23.2 Å². The molecule has 1 aliphatic rings. The Morgan fingerprint density at radius 2 is 2.26 bits per heavy atom. The van der Waals surface area contributed by atoms with Crippen LogP contribution < -0.4 is 4.74 Å². The molecule has 0 spiro atoms. The van der Waals surface area contributed by atoms with Gasteiger partial charge in [0.05, 0.1) is 7.11 Å². The van der Waals surface area contributed by atoms with Crippen LogP contribution in [-0.2, 0) is 10.0 Å². The summed E-state index contributed by atoms with van der Waals surface area (Å²) in [5.74, 6) is 0.244. The van der Waals surface area contributed by atoms with Crippen molar-refractivity contribution in [2.45, 2.75) is 11.3 Å². The first kappa shape index (κ1) is 14.6. The lowest BCUT2D eigenvalue weighted by atomic mass is 10.1. The summed E-state index contributed by atoms with van der Waals surface area (Å²) in [6.07, 6.45) is 0.672. The summed E-state index contributed by atoms with van der Waals surface area (Å²) in [7, 11) is -2.19. The van der Waals surface area contributed by atoms with Gasteiger partial charge in [0.1, 0.15) is 10.6 Å². The van der Waals surface area contributed by atoms with E-state index in [0.29, 0.717) is 24.5 Å². The predicted octanol–water partition coefficient (Wildman–Crippen LogP) is 1.35. The van der Waals surface area contributed by atoms with Gasteiger partial charge in [0, 0.05) is 30.8 Å². The molecule has 0 aliphatic carbocycles. The highest BCUT2D eigenvalue weighted by atomic mass is 35.5. The monoisotopic (exact) mass is 305 g/mol. The van der Waals surface area contributed by atoms with Crippen LogP contribution in [0.25, 0.3) is 0 Å². The zero-order chi connectivity index (χ0) is 14.0. The first-order chi connectivity index (χ1) is 8.98. The normalized spacial score (nSPS) is 20.7. The summed E-state index contributed by atoms with van der Waals surface area (Å²) >= 11 is 5.83. The molecule has 0 saturated carbocycles. The Kier molecular flexibility index (Phi) is 4.35. The maximum atomic E-state index is 12.5. The molecule has 5 nitrogen and oxygen atoms in total. The number of methoxy groups -OCH3 is 1. The van der Waals surface area contributed by atoms with Crippen LogP contribution in [0.2, 0.25) is 5.02 Å². The molecule has 0 bridgehead atoms. The van der Waals surface area contributed by atoms with Gasteiger partial charge in [-0.15, -0.1) is 0 Å². The van der Waals surface area contributed by atoms with Crippen LogP contribution in [0, 0.1) is 5.92 Å². The third kappa shape index (κ3) is 2.86. The minimum atomic E-state index is -3.60. The highest BCUT2D eigenvalue weighted by molar-refractivity contribution is 7.89. The molecule has 1 N–H and O–H groups in total. The molecule has 1 fully saturated rings. The summed E-state index contributed by atoms with van der Waals surface area (Å²) in [5.41, 5.74) is 0. The Morgan fingerprint density at radius 3 is 2.84 bits per heavy atom. The minimum absolute atomic E-state index is 0.00374. The van der Waals surface area contributed by atoms with E-state index in [2.05, 4.69) is 0 Å². The number of aliphatic hydroxyl groups excluding tert-OH is 1. The Balaban J connectivity index is 2.35. The van der Waals surface area contributed by atoms with Crippen LogP contribution >= 0.6 is 11.6 Å². The van der Waals surface area contributed by atoms with Crippen LogP contribution in [0.15, 0.2) is 23.1 Å². The molecular weight excluding hydrogens is 290 g/mol. The number of ether oxygens (including phenoxy) is 1. The number of sulfonamides is 1. The molecular formula is C12H16ClNO4S. The third-order valence-electron chi connectivity index (χ3n) is 3.25. The molecule has 2 rings (SSSR count). The summed E-state index contributed by atoms with van der Waals surface area (Å²) in [4.78, 5) is 0.109. The van der Waals surface area contributed by atoms with Crippen molar-refractivity contribution in [2.24, 2.45) is 5.92 Å². The van der Waals surface area contributed by atoms with Crippen LogP contribution in [-0.4, -0.2) is 44.6 Å². The van der Waals surface area contributed by atoms with Crippen LogP contribution in [0.4, 0.5) is 0 Å². The van der Waals surface area contributed by atoms with E-state index in [1.54, 1.807) is 0 Å². The van der Waals surface area contributed by atoms with E-state index in [1.807, 2.05) is 0 Å². The largest absolute Gasteiger partial charge is 0.495 e. The van der Waals surface area contributed by atoms with E-state index in [-0.39, 0.29) is 23.2 Å². The number of halogens is 1. The van der Waals surface area contributed by atoms with E-state index in [1.165, 1.54) is 29.6 Å². The van der Waals surface area contributed by atoms with Crippen molar-refractivity contribution in [3.8, 4) is 5.75 Å². The van der Waals surface area contributed by atoms with Gasteiger partial charge < -0.3 is 9.84 Å². The smallest absolute Gasteiger partial charge is 0.246 e. The number of benzene rings is 1. The fourth-order valence-corrected chi connectivity index (χ4v) is 3.99. The van der Waals surface area contributed by atoms with Crippen LogP contribution in [0.1, 0.15) is 6.42 Å². The molecule has 106 valence electrons. The first-order valence-corrected chi connectivity index (χ1v) is 7.75. The van der Waals surface area contributed by atoms with Gasteiger partial charge in [-0.1, -0.05) is 11.6 Å². The van der Waals surface area contributed by atoms with Gasteiger partial charge in [-0.2, -0.15) is 4.31 Å². The maximum absolute atomic E-state index is 12.5. The Morgan fingerprint density at radius 1 is 1.53 bits per heavy atom. The zero-order valence-electron chi connectivity index (χ0n) is 10.5. The Bertz CT molecular complexity index is 561. The molecule has 1 aromatic rings. The molecule has 19 heavy (non-hydrogen) atoms. The topological polar surface area (TPSA) is 66.8 Å². The van der Waals surface area contributed by atoms with Crippen LogP contribution in [0.5, 0.6) is 5.75 Å². The average Bonchev–Trinajstić information content (AvgIpc) is 2.87. The quantitative estimate of drug-likeness (QED) is 0.912. The van der Waals surface area contributed by atoms with Gasteiger partial charge in [-0.25, -0.2) is 8.42 Å². The van der Waals surface area contributed by atoms with E-state index >= 15 is 0 Å². The van der Waals surface area contributed by atoms with E-state index < -0.39 is 10.0 Å². The molecule has 1 aromatic carbocycles. The molecule has 1 saturated heterocycles.